The molecule has 0 saturated heterocycles. The van der Waals surface area contributed by atoms with Crippen molar-refractivity contribution < 1.29 is 25.1 Å². The summed E-state index contributed by atoms with van der Waals surface area (Å²) in [5, 5.41) is 21.6. The van der Waals surface area contributed by atoms with Gasteiger partial charge < -0.3 is 20.3 Å². The number of carbonyl (C=O) groups is 1. The number of benzene rings is 1. The highest BCUT2D eigenvalue weighted by Crippen LogP contribution is 2.11. The van der Waals surface area contributed by atoms with Crippen LogP contribution in [0.5, 0.6) is 5.75 Å². The van der Waals surface area contributed by atoms with Crippen molar-refractivity contribution in [2.24, 2.45) is 0 Å². The minimum absolute atomic E-state index is 0.114. The normalized spacial score (nSPS) is 10.4. The summed E-state index contributed by atoms with van der Waals surface area (Å²) < 4.78 is 4.63. The molecule has 0 aliphatic rings. The first kappa shape index (κ1) is 17.0. The van der Waals surface area contributed by atoms with E-state index in [1.54, 1.807) is 0 Å². The standard InChI is InChI=1S/C10H10O4.C4H11N/c1-14-9(10(12)13)6-7-2-4-8(11)5-3-7;1-3-5-4-2/h2-6,11H,1H3,(H,12,13);5H,3-4H2,1-2H3/b9-6-;. The van der Waals surface area contributed by atoms with Gasteiger partial charge in [0.1, 0.15) is 0 Å². The van der Waals surface area contributed by atoms with Crippen molar-refractivity contribution in [3.8, 4) is 5.75 Å². The van der Waals surface area contributed by atoms with Crippen molar-refractivity contribution in [3.05, 3.63) is 35.6 Å². The van der Waals surface area contributed by atoms with Crippen molar-refractivity contribution in [2.75, 3.05) is 20.2 Å². The second-order valence-electron chi connectivity index (χ2n) is 3.69. The highest BCUT2D eigenvalue weighted by atomic mass is 16.5. The summed E-state index contributed by atoms with van der Waals surface area (Å²) in [5.41, 5.74) is 0.615. The molecule has 1 aromatic carbocycles. The molecule has 0 fully saturated rings. The van der Waals surface area contributed by atoms with Gasteiger partial charge in [0.05, 0.1) is 20.2 Å². The van der Waals surface area contributed by atoms with Gasteiger partial charge in [-0.2, -0.15) is 0 Å². The van der Waals surface area contributed by atoms with E-state index in [1.165, 1.54) is 50.5 Å². The van der Waals surface area contributed by atoms with E-state index in [0.717, 1.165) is 0 Å². The zero-order valence-electron chi connectivity index (χ0n) is 11.6. The van der Waals surface area contributed by atoms with Gasteiger partial charge in [-0.3, -0.25) is 0 Å². The average molecular weight is 267 g/mol. The average Bonchev–Trinajstić information content (AvgIpc) is 2.39. The molecular weight excluding hydrogens is 246 g/mol. The highest BCUT2D eigenvalue weighted by molar-refractivity contribution is 5.89. The second-order valence-corrected chi connectivity index (χ2v) is 3.69. The fraction of sp³-hybridized carbons (Fsp3) is 0.357. The van der Waals surface area contributed by atoms with Gasteiger partial charge >= 0.3 is 5.97 Å². The van der Waals surface area contributed by atoms with Crippen LogP contribution >= 0.6 is 0 Å². The van der Waals surface area contributed by atoms with E-state index in [0.29, 0.717) is 5.56 Å². The van der Waals surface area contributed by atoms with E-state index < -0.39 is 5.97 Å². The van der Waals surface area contributed by atoms with E-state index in [-0.39, 0.29) is 11.5 Å². The molecule has 5 heteroatoms. The zero-order valence-corrected chi connectivity index (χ0v) is 11.6. The maximum Gasteiger partial charge on any atom is 0.371 e. The summed E-state index contributed by atoms with van der Waals surface area (Å²) >= 11 is 0. The van der Waals surface area contributed by atoms with Gasteiger partial charge in [0.15, 0.2) is 0 Å². The number of ether oxygens (including phenoxy) is 1. The Morgan fingerprint density at radius 3 is 2.16 bits per heavy atom. The highest BCUT2D eigenvalue weighted by Gasteiger charge is 2.05. The fourth-order valence-corrected chi connectivity index (χ4v) is 1.21. The lowest BCUT2D eigenvalue weighted by atomic mass is 10.2. The van der Waals surface area contributed by atoms with Crippen molar-refractivity contribution in [2.45, 2.75) is 13.8 Å². The molecule has 0 aliphatic carbocycles. The van der Waals surface area contributed by atoms with Crippen LogP contribution in [0.25, 0.3) is 6.08 Å². The molecule has 0 atom stereocenters. The topological polar surface area (TPSA) is 86.2 Å². The molecule has 19 heavy (non-hydrogen) atoms. The second kappa shape index (κ2) is 9.96. The molecule has 0 unspecified atom stereocenters. The van der Waals surface area contributed by atoms with Crippen LogP contribution in [0.3, 0.4) is 0 Å². The minimum atomic E-state index is -1.14. The Hall–Kier alpha value is -2.01. The number of nitrogens with two attached hydrogens (primary N) is 1. The van der Waals surface area contributed by atoms with Gasteiger partial charge in [0.2, 0.25) is 5.76 Å². The van der Waals surface area contributed by atoms with Gasteiger partial charge in [-0.1, -0.05) is 24.3 Å². The van der Waals surface area contributed by atoms with Crippen molar-refractivity contribution >= 4 is 12.0 Å². The van der Waals surface area contributed by atoms with Gasteiger partial charge in [-0.15, -0.1) is 5.75 Å². The molecule has 0 aliphatic heterocycles. The monoisotopic (exact) mass is 267 g/mol. The van der Waals surface area contributed by atoms with Crippen LogP contribution in [0.1, 0.15) is 19.4 Å². The first-order valence-corrected chi connectivity index (χ1v) is 6.12. The van der Waals surface area contributed by atoms with Crippen LogP contribution in [0, 0.1) is 0 Å². The quantitative estimate of drug-likeness (QED) is 0.598. The van der Waals surface area contributed by atoms with E-state index >= 15 is 0 Å². The lowest BCUT2D eigenvalue weighted by molar-refractivity contribution is -0.648. The Morgan fingerprint density at radius 1 is 1.32 bits per heavy atom. The molecule has 3 N–H and O–H groups in total. The van der Waals surface area contributed by atoms with Gasteiger partial charge in [-0.25, -0.2) is 4.79 Å². The SMILES string of the molecule is CC[NH2+]CC.CO/C(=C\c1ccc([O-])cc1)C(=O)O. The number of hydrogen-bond acceptors (Lipinski definition) is 3. The molecule has 0 amide bonds. The smallest absolute Gasteiger partial charge is 0.371 e. The van der Waals surface area contributed by atoms with Gasteiger partial charge in [0.25, 0.3) is 0 Å². The third kappa shape index (κ3) is 7.83. The molecule has 0 aromatic heterocycles. The van der Waals surface area contributed by atoms with Crippen LogP contribution in [-0.2, 0) is 9.53 Å². The van der Waals surface area contributed by atoms with Crippen LogP contribution < -0.4 is 10.4 Å². The third-order valence-corrected chi connectivity index (χ3v) is 2.19. The van der Waals surface area contributed by atoms with Crippen molar-refractivity contribution in [1.29, 1.82) is 0 Å². The number of methoxy groups -OCH3 is 1. The summed E-state index contributed by atoms with van der Waals surface area (Å²) in [6, 6.07) is 5.79. The number of carboxylic acid groups (broad SMARTS) is 1. The maximum atomic E-state index is 10.7. The minimum Gasteiger partial charge on any atom is -0.872 e. The third-order valence-electron chi connectivity index (χ3n) is 2.19. The van der Waals surface area contributed by atoms with E-state index in [1.807, 2.05) is 0 Å². The predicted octanol–water partition coefficient (Wildman–Crippen LogP) is 0.422. The van der Waals surface area contributed by atoms with Crippen LogP contribution in [-0.4, -0.2) is 31.3 Å². The lowest BCUT2D eigenvalue weighted by Gasteiger charge is -2.04. The summed E-state index contributed by atoms with van der Waals surface area (Å²) in [7, 11) is 1.28. The molecule has 0 radical (unpaired) electrons. The Bertz CT molecular complexity index is 396. The first-order chi connectivity index (χ1) is 9.04. The molecule has 0 bridgehead atoms. The van der Waals surface area contributed by atoms with E-state index in [9.17, 15) is 9.90 Å². The molecule has 5 nitrogen and oxygen atoms in total. The maximum absolute atomic E-state index is 10.7. The lowest BCUT2D eigenvalue weighted by Crippen LogP contribution is -2.82. The van der Waals surface area contributed by atoms with Crippen LogP contribution in [0.15, 0.2) is 30.0 Å². The molecule has 1 rings (SSSR count). The fourth-order valence-electron chi connectivity index (χ4n) is 1.21. The van der Waals surface area contributed by atoms with E-state index in [2.05, 4.69) is 23.9 Å². The summed E-state index contributed by atoms with van der Waals surface area (Å²) in [6.07, 6.45) is 1.35. The van der Waals surface area contributed by atoms with Gasteiger partial charge in [0, 0.05) is 0 Å². The number of rotatable bonds is 5. The largest absolute Gasteiger partial charge is 0.872 e. The molecule has 0 heterocycles. The Kier molecular flexibility index (Phi) is 8.91. The zero-order chi connectivity index (χ0) is 14.7. The van der Waals surface area contributed by atoms with Gasteiger partial charge in [-0.05, 0) is 25.5 Å². The Labute approximate surface area is 113 Å². The summed E-state index contributed by atoms with van der Waals surface area (Å²) in [4.78, 5) is 10.5. The summed E-state index contributed by atoms with van der Waals surface area (Å²) in [6.45, 7) is 6.75. The van der Waals surface area contributed by atoms with Crippen LogP contribution in [0.4, 0.5) is 0 Å². The molecular formula is C14H21NO4. The van der Waals surface area contributed by atoms with Crippen molar-refractivity contribution in [1.82, 2.24) is 0 Å². The molecule has 1 aromatic rings. The van der Waals surface area contributed by atoms with Crippen molar-refractivity contribution in [3.63, 3.8) is 0 Å². The molecule has 0 saturated carbocycles. The van der Waals surface area contributed by atoms with E-state index in [4.69, 9.17) is 5.11 Å². The summed E-state index contributed by atoms with van der Waals surface area (Å²) in [5.74, 6) is -1.42. The number of aliphatic carboxylic acids is 1. The number of hydrogen-bond donors (Lipinski definition) is 2. The van der Waals surface area contributed by atoms with Crippen LogP contribution in [0.2, 0.25) is 0 Å². The molecule has 106 valence electrons. The Morgan fingerprint density at radius 2 is 1.84 bits per heavy atom. The number of quaternary nitrogens is 1. The predicted molar refractivity (Wildman–Crippen MR) is 71.5 cm³/mol. The Balaban J connectivity index is 0.000000555. The molecule has 0 spiro atoms. The first-order valence-electron chi connectivity index (χ1n) is 6.12. The number of carboxylic acids is 1.